The van der Waals surface area contributed by atoms with E-state index >= 15 is 0 Å². The van der Waals surface area contributed by atoms with Crippen molar-refractivity contribution in [2.24, 2.45) is 7.05 Å². The van der Waals surface area contributed by atoms with Crippen LogP contribution in [0.3, 0.4) is 0 Å². The van der Waals surface area contributed by atoms with Crippen LogP contribution in [0, 0.1) is 6.92 Å². The Balaban J connectivity index is 2.32. The van der Waals surface area contributed by atoms with Gasteiger partial charge in [0, 0.05) is 13.6 Å². The smallest absolute Gasteiger partial charge is 0.269 e. The summed E-state index contributed by atoms with van der Waals surface area (Å²) < 4.78 is 1.62. The van der Waals surface area contributed by atoms with E-state index in [1.807, 2.05) is 6.92 Å². The molecule has 1 rings (SSSR count). The van der Waals surface area contributed by atoms with E-state index in [0.29, 0.717) is 12.2 Å². The Kier molecular flexibility index (Phi) is 5.85. The van der Waals surface area contributed by atoms with Gasteiger partial charge < -0.3 is 10.2 Å². The molecule has 18 heavy (non-hydrogen) atoms. The fraction of sp³-hybridized carbons (Fsp3) is 0.692. The molecule has 0 spiro atoms. The number of carbonyl (C=O) groups excluding carboxylic acids is 1. The molecule has 5 heteroatoms. The third-order valence-electron chi connectivity index (χ3n) is 3.07. The van der Waals surface area contributed by atoms with Crippen molar-refractivity contribution in [3.8, 4) is 0 Å². The zero-order chi connectivity index (χ0) is 13.5. The van der Waals surface area contributed by atoms with Crippen LogP contribution in [0.4, 0.5) is 0 Å². The lowest BCUT2D eigenvalue weighted by atomic mass is 10.3. The summed E-state index contributed by atoms with van der Waals surface area (Å²) in [6.07, 6.45) is 0.976. The number of aryl methyl sites for hydroxylation is 2. The molecule has 1 heterocycles. The van der Waals surface area contributed by atoms with Crippen molar-refractivity contribution in [1.82, 2.24) is 20.0 Å². The summed E-state index contributed by atoms with van der Waals surface area (Å²) in [5.41, 5.74) is 1.49. The molecular weight excluding hydrogens is 228 g/mol. The fourth-order valence-electron chi connectivity index (χ4n) is 1.96. The molecule has 1 aromatic heterocycles. The van der Waals surface area contributed by atoms with E-state index in [0.717, 1.165) is 31.7 Å². The van der Waals surface area contributed by atoms with Crippen LogP contribution in [0.1, 0.15) is 36.5 Å². The minimum atomic E-state index is -0.0438. The van der Waals surface area contributed by atoms with Crippen LogP contribution in [0.25, 0.3) is 0 Å². The van der Waals surface area contributed by atoms with Crippen LogP contribution in [0.2, 0.25) is 0 Å². The molecule has 102 valence electrons. The van der Waals surface area contributed by atoms with Gasteiger partial charge in [0.2, 0.25) is 0 Å². The van der Waals surface area contributed by atoms with Gasteiger partial charge in [0.25, 0.3) is 5.91 Å². The average molecular weight is 252 g/mol. The maximum Gasteiger partial charge on any atom is 0.269 e. The standard InChI is InChI=1S/C13H24N4O/c1-5-17(6-2)9-7-8-14-13(18)12-10-11(3)15-16(12)4/h10H,5-9H2,1-4H3,(H,14,18). The topological polar surface area (TPSA) is 50.2 Å². The average Bonchev–Trinajstić information content (AvgIpc) is 2.68. The lowest BCUT2D eigenvalue weighted by Gasteiger charge is -2.17. The lowest BCUT2D eigenvalue weighted by molar-refractivity contribution is 0.0942. The third kappa shape index (κ3) is 4.14. The van der Waals surface area contributed by atoms with Crippen LogP contribution < -0.4 is 5.32 Å². The van der Waals surface area contributed by atoms with Gasteiger partial charge in [0.15, 0.2) is 0 Å². The highest BCUT2D eigenvalue weighted by Gasteiger charge is 2.10. The first-order valence-corrected chi connectivity index (χ1v) is 6.59. The molecule has 0 aliphatic carbocycles. The van der Waals surface area contributed by atoms with E-state index in [-0.39, 0.29) is 5.91 Å². The summed E-state index contributed by atoms with van der Waals surface area (Å²) >= 11 is 0. The number of hydrogen-bond acceptors (Lipinski definition) is 3. The second kappa shape index (κ2) is 7.16. The number of carbonyl (C=O) groups is 1. The van der Waals surface area contributed by atoms with Crippen molar-refractivity contribution in [2.75, 3.05) is 26.2 Å². The second-order valence-corrected chi connectivity index (χ2v) is 4.43. The maximum atomic E-state index is 11.9. The summed E-state index contributed by atoms with van der Waals surface area (Å²) in [5, 5.41) is 7.09. The molecule has 0 fully saturated rings. The van der Waals surface area contributed by atoms with E-state index in [9.17, 15) is 4.79 Å². The van der Waals surface area contributed by atoms with E-state index < -0.39 is 0 Å². The quantitative estimate of drug-likeness (QED) is 0.742. The first-order valence-electron chi connectivity index (χ1n) is 6.59. The van der Waals surface area contributed by atoms with Crippen molar-refractivity contribution in [3.63, 3.8) is 0 Å². The van der Waals surface area contributed by atoms with Crippen molar-refractivity contribution in [2.45, 2.75) is 27.2 Å². The third-order valence-corrected chi connectivity index (χ3v) is 3.07. The predicted molar refractivity (Wildman–Crippen MR) is 72.7 cm³/mol. The molecule has 0 radical (unpaired) electrons. The van der Waals surface area contributed by atoms with Gasteiger partial charge in [-0.15, -0.1) is 0 Å². The molecule has 1 aromatic rings. The van der Waals surface area contributed by atoms with Gasteiger partial charge >= 0.3 is 0 Å². The summed E-state index contributed by atoms with van der Waals surface area (Å²) in [5.74, 6) is -0.0438. The highest BCUT2D eigenvalue weighted by Crippen LogP contribution is 2.01. The lowest BCUT2D eigenvalue weighted by Crippen LogP contribution is -2.30. The molecule has 0 aromatic carbocycles. The van der Waals surface area contributed by atoms with Gasteiger partial charge in [-0.2, -0.15) is 5.10 Å². The van der Waals surface area contributed by atoms with E-state index in [2.05, 4.69) is 29.2 Å². The zero-order valence-corrected chi connectivity index (χ0v) is 11.9. The summed E-state index contributed by atoms with van der Waals surface area (Å²) in [7, 11) is 1.79. The Bertz CT molecular complexity index is 382. The highest BCUT2D eigenvalue weighted by atomic mass is 16.2. The number of rotatable bonds is 7. The second-order valence-electron chi connectivity index (χ2n) is 4.43. The van der Waals surface area contributed by atoms with Crippen LogP contribution in [0.5, 0.6) is 0 Å². The van der Waals surface area contributed by atoms with Crippen molar-refractivity contribution in [1.29, 1.82) is 0 Å². The zero-order valence-electron chi connectivity index (χ0n) is 11.9. The number of amides is 1. The van der Waals surface area contributed by atoms with Gasteiger partial charge in [-0.05, 0) is 39.0 Å². The van der Waals surface area contributed by atoms with Crippen LogP contribution in [0.15, 0.2) is 6.07 Å². The molecular formula is C13H24N4O. The van der Waals surface area contributed by atoms with Gasteiger partial charge in [0.05, 0.1) is 5.69 Å². The number of aromatic nitrogens is 2. The monoisotopic (exact) mass is 252 g/mol. The molecule has 0 aliphatic heterocycles. The summed E-state index contributed by atoms with van der Waals surface area (Å²) in [4.78, 5) is 14.2. The SMILES string of the molecule is CCN(CC)CCCNC(=O)c1cc(C)nn1C. The van der Waals surface area contributed by atoms with Crippen molar-refractivity contribution < 1.29 is 4.79 Å². The minimum absolute atomic E-state index is 0.0438. The Morgan fingerprint density at radius 3 is 2.61 bits per heavy atom. The largest absolute Gasteiger partial charge is 0.351 e. The molecule has 0 bridgehead atoms. The molecule has 0 saturated heterocycles. The Morgan fingerprint density at radius 2 is 2.11 bits per heavy atom. The molecule has 1 amide bonds. The van der Waals surface area contributed by atoms with Crippen molar-refractivity contribution in [3.05, 3.63) is 17.5 Å². The fourth-order valence-corrected chi connectivity index (χ4v) is 1.96. The molecule has 0 aliphatic rings. The van der Waals surface area contributed by atoms with Gasteiger partial charge in [-0.1, -0.05) is 13.8 Å². The first kappa shape index (κ1) is 14.7. The number of hydrogen-bond donors (Lipinski definition) is 1. The summed E-state index contributed by atoms with van der Waals surface area (Å²) in [6, 6.07) is 1.81. The van der Waals surface area contributed by atoms with Gasteiger partial charge in [-0.25, -0.2) is 0 Å². The van der Waals surface area contributed by atoms with Crippen LogP contribution >= 0.6 is 0 Å². The number of nitrogens with zero attached hydrogens (tertiary/aromatic N) is 3. The van der Waals surface area contributed by atoms with Gasteiger partial charge in [0.1, 0.15) is 5.69 Å². The van der Waals surface area contributed by atoms with Crippen molar-refractivity contribution >= 4 is 5.91 Å². The summed E-state index contributed by atoms with van der Waals surface area (Å²) in [6.45, 7) is 10.0. The minimum Gasteiger partial charge on any atom is -0.351 e. The Labute approximate surface area is 109 Å². The predicted octanol–water partition coefficient (Wildman–Crippen LogP) is 1.19. The molecule has 5 nitrogen and oxygen atoms in total. The highest BCUT2D eigenvalue weighted by molar-refractivity contribution is 5.92. The number of nitrogens with one attached hydrogen (secondary N) is 1. The molecule has 0 unspecified atom stereocenters. The molecule has 1 N–H and O–H groups in total. The van der Waals surface area contributed by atoms with Crippen LogP contribution in [-0.2, 0) is 7.05 Å². The van der Waals surface area contributed by atoms with Gasteiger partial charge in [-0.3, -0.25) is 9.48 Å². The first-order chi connectivity index (χ1) is 8.58. The normalized spacial score (nSPS) is 10.9. The molecule has 0 saturated carbocycles. The van der Waals surface area contributed by atoms with E-state index in [1.54, 1.807) is 17.8 Å². The molecule has 0 atom stereocenters. The van der Waals surface area contributed by atoms with E-state index in [4.69, 9.17) is 0 Å². The van der Waals surface area contributed by atoms with E-state index in [1.165, 1.54) is 0 Å². The Morgan fingerprint density at radius 1 is 1.44 bits per heavy atom. The Hall–Kier alpha value is -1.36. The van der Waals surface area contributed by atoms with Crippen LogP contribution in [-0.4, -0.2) is 46.8 Å². The maximum absolute atomic E-state index is 11.9.